The molecule has 0 aliphatic carbocycles. The number of urea groups is 1. The van der Waals surface area contributed by atoms with E-state index in [2.05, 4.69) is 10.6 Å². The zero-order valence-corrected chi connectivity index (χ0v) is 16.1. The van der Waals surface area contributed by atoms with Gasteiger partial charge in [0.05, 0.1) is 0 Å². The molecule has 1 fully saturated rings. The van der Waals surface area contributed by atoms with Gasteiger partial charge in [0.2, 0.25) is 5.91 Å². The summed E-state index contributed by atoms with van der Waals surface area (Å²) >= 11 is 0. The van der Waals surface area contributed by atoms with Crippen molar-refractivity contribution in [3.05, 3.63) is 70.8 Å². The third-order valence-electron chi connectivity index (χ3n) is 5.02. The minimum Gasteiger partial charge on any atom is -0.354 e. The van der Waals surface area contributed by atoms with E-state index in [0.29, 0.717) is 17.9 Å². The van der Waals surface area contributed by atoms with E-state index >= 15 is 0 Å². The highest BCUT2D eigenvalue weighted by atomic mass is 19.1. The van der Waals surface area contributed by atoms with Crippen LogP contribution in [0.1, 0.15) is 23.6 Å². The van der Waals surface area contributed by atoms with Crippen LogP contribution in [-0.4, -0.2) is 35.8 Å². The number of carbonyl (C=O) groups is 3. The molecule has 0 unspecified atom stereocenters. The van der Waals surface area contributed by atoms with E-state index in [1.165, 1.54) is 6.92 Å². The van der Waals surface area contributed by atoms with Crippen molar-refractivity contribution in [2.45, 2.75) is 25.8 Å². The topological polar surface area (TPSA) is 78.5 Å². The molecular weight excluding hydrogens is 380 g/mol. The summed E-state index contributed by atoms with van der Waals surface area (Å²) < 4.78 is 27.7. The standard InChI is InChI=1S/C21H21F2N3O3/c1-13-5-3-4-6-14(13)9-10-24-18(27)12-26-19(28)21(2,25-20(26)29)16-11-15(22)7-8-17(16)23/h3-8,11H,9-10,12H2,1-2H3,(H,24,27)(H,25,29)/t21-/m0/s1. The number of aryl methyl sites for hydroxylation is 1. The van der Waals surface area contributed by atoms with Crippen molar-refractivity contribution in [3.8, 4) is 0 Å². The molecule has 0 aromatic heterocycles. The molecule has 1 aliphatic rings. The van der Waals surface area contributed by atoms with Crippen LogP contribution in [0.25, 0.3) is 0 Å². The van der Waals surface area contributed by atoms with Crippen molar-refractivity contribution in [2.24, 2.45) is 0 Å². The lowest BCUT2D eigenvalue weighted by Gasteiger charge is -2.22. The largest absolute Gasteiger partial charge is 0.354 e. The van der Waals surface area contributed by atoms with E-state index in [9.17, 15) is 23.2 Å². The second kappa shape index (κ2) is 7.98. The number of carbonyl (C=O) groups excluding carboxylic acids is 3. The summed E-state index contributed by atoms with van der Waals surface area (Å²) in [6.45, 7) is 3.08. The summed E-state index contributed by atoms with van der Waals surface area (Å²) in [7, 11) is 0. The fraction of sp³-hybridized carbons (Fsp3) is 0.286. The van der Waals surface area contributed by atoms with E-state index in [0.717, 1.165) is 29.3 Å². The van der Waals surface area contributed by atoms with Crippen molar-refractivity contribution in [2.75, 3.05) is 13.1 Å². The predicted molar refractivity (Wildman–Crippen MR) is 102 cm³/mol. The summed E-state index contributed by atoms with van der Waals surface area (Å²) in [4.78, 5) is 37.9. The Bertz CT molecular complexity index is 979. The van der Waals surface area contributed by atoms with Crippen molar-refractivity contribution in [1.82, 2.24) is 15.5 Å². The molecule has 2 N–H and O–H groups in total. The highest BCUT2D eigenvalue weighted by Gasteiger charge is 2.50. The second-order valence-electron chi connectivity index (χ2n) is 7.10. The Kier molecular flexibility index (Phi) is 5.63. The van der Waals surface area contributed by atoms with Gasteiger partial charge in [-0.2, -0.15) is 0 Å². The molecule has 2 aromatic rings. The molecule has 29 heavy (non-hydrogen) atoms. The molecule has 1 heterocycles. The lowest BCUT2D eigenvalue weighted by Crippen LogP contribution is -2.44. The fourth-order valence-electron chi connectivity index (χ4n) is 3.33. The Labute approximate surface area is 166 Å². The predicted octanol–water partition coefficient (Wildman–Crippen LogP) is 2.40. The monoisotopic (exact) mass is 401 g/mol. The summed E-state index contributed by atoms with van der Waals surface area (Å²) in [5.41, 5.74) is 0.101. The van der Waals surface area contributed by atoms with Gasteiger partial charge in [-0.15, -0.1) is 0 Å². The molecule has 4 amide bonds. The number of nitrogens with zero attached hydrogens (tertiary/aromatic N) is 1. The van der Waals surface area contributed by atoms with Crippen LogP contribution in [0.4, 0.5) is 13.6 Å². The molecule has 3 rings (SSSR count). The zero-order chi connectivity index (χ0) is 21.2. The van der Waals surface area contributed by atoms with Crippen LogP contribution in [0, 0.1) is 18.6 Å². The Balaban J connectivity index is 1.65. The Morgan fingerprint density at radius 1 is 1.17 bits per heavy atom. The third kappa shape index (κ3) is 4.11. The number of hydrogen-bond donors (Lipinski definition) is 2. The molecule has 0 radical (unpaired) electrons. The Morgan fingerprint density at radius 3 is 2.62 bits per heavy atom. The molecule has 0 bridgehead atoms. The van der Waals surface area contributed by atoms with Crippen molar-refractivity contribution >= 4 is 17.8 Å². The molecule has 0 spiro atoms. The number of amides is 4. The maximum Gasteiger partial charge on any atom is 0.325 e. The van der Waals surface area contributed by atoms with Gasteiger partial charge >= 0.3 is 6.03 Å². The first-order valence-corrected chi connectivity index (χ1v) is 9.13. The highest BCUT2D eigenvalue weighted by Crippen LogP contribution is 2.31. The average molecular weight is 401 g/mol. The van der Waals surface area contributed by atoms with Gasteiger partial charge in [0.25, 0.3) is 5.91 Å². The number of halogens is 2. The normalized spacial score (nSPS) is 18.7. The highest BCUT2D eigenvalue weighted by molar-refractivity contribution is 6.09. The molecule has 1 atom stereocenters. The van der Waals surface area contributed by atoms with Crippen LogP contribution < -0.4 is 10.6 Å². The quantitative estimate of drug-likeness (QED) is 0.730. The second-order valence-corrected chi connectivity index (χ2v) is 7.10. The van der Waals surface area contributed by atoms with Crippen molar-refractivity contribution < 1.29 is 23.2 Å². The van der Waals surface area contributed by atoms with E-state index in [-0.39, 0.29) is 5.56 Å². The summed E-state index contributed by atoms with van der Waals surface area (Å²) in [5.74, 6) is -2.91. The van der Waals surface area contributed by atoms with Crippen LogP contribution in [-0.2, 0) is 21.5 Å². The molecule has 6 nitrogen and oxygen atoms in total. The number of imide groups is 1. The molecule has 0 saturated carbocycles. The maximum absolute atomic E-state index is 14.1. The Hall–Kier alpha value is -3.29. The molecule has 8 heteroatoms. The summed E-state index contributed by atoms with van der Waals surface area (Å²) in [5, 5.41) is 5.03. The number of hydrogen-bond acceptors (Lipinski definition) is 3. The number of nitrogens with one attached hydrogen (secondary N) is 2. The number of benzene rings is 2. The van der Waals surface area contributed by atoms with Crippen molar-refractivity contribution in [1.29, 1.82) is 0 Å². The molecule has 1 saturated heterocycles. The van der Waals surface area contributed by atoms with Crippen molar-refractivity contribution in [3.63, 3.8) is 0 Å². The van der Waals surface area contributed by atoms with E-state index in [1.807, 2.05) is 31.2 Å². The first-order chi connectivity index (χ1) is 13.7. The van der Waals surface area contributed by atoms with Crippen LogP contribution in [0.15, 0.2) is 42.5 Å². The summed E-state index contributed by atoms with van der Waals surface area (Å²) in [6.07, 6.45) is 0.602. The van der Waals surface area contributed by atoms with E-state index < -0.39 is 41.6 Å². The minimum atomic E-state index is -1.79. The van der Waals surface area contributed by atoms with Gasteiger partial charge in [-0.05, 0) is 49.6 Å². The first-order valence-electron chi connectivity index (χ1n) is 9.13. The first kappa shape index (κ1) is 20.4. The van der Waals surface area contributed by atoms with Crippen LogP contribution in [0.3, 0.4) is 0 Å². The van der Waals surface area contributed by atoms with Crippen LogP contribution in [0.5, 0.6) is 0 Å². The molecule has 1 aliphatic heterocycles. The minimum absolute atomic E-state index is 0.293. The Morgan fingerprint density at radius 2 is 1.90 bits per heavy atom. The average Bonchev–Trinajstić information content (AvgIpc) is 2.89. The molecular formula is C21H21F2N3O3. The van der Waals surface area contributed by atoms with Crippen LogP contribution >= 0.6 is 0 Å². The van der Waals surface area contributed by atoms with Gasteiger partial charge in [0, 0.05) is 12.1 Å². The fourth-order valence-corrected chi connectivity index (χ4v) is 3.33. The smallest absolute Gasteiger partial charge is 0.325 e. The van der Waals surface area contributed by atoms with Gasteiger partial charge in [-0.1, -0.05) is 24.3 Å². The van der Waals surface area contributed by atoms with Gasteiger partial charge in [-0.3, -0.25) is 14.5 Å². The van der Waals surface area contributed by atoms with Crippen LogP contribution in [0.2, 0.25) is 0 Å². The van der Waals surface area contributed by atoms with E-state index in [4.69, 9.17) is 0 Å². The molecule has 152 valence electrons. The lowest BCUT2D eigenvalue weighted by atomic mass is 9.91. The molecule has 2 aromatic carbocycles. The van der Waals surface area contributed by atoms with Gasteiger partial charge < -0.3 is 10.6 Å². The van der Waals surface area contributed by atoms with Gasteiger partial charge in [0.1, 0.15) is 23.7 Å². The third-order valence-corrected chi connectivity index (χ3v) is 5.02. The summed E-state index contributed by atoms with van der Waals surface area (Å²) in [6, 6.07) is 9.58. The van der Waals surface area contributed by atoms with Gasteiger partial charge in [0.15, 0.2) is 0 Å². The van der Waals surface area contributed by atoms with E-state index in [1.54, 1.807) is 0 Å². The lowest BCUT2D eigenvalue weighted by molar-refractivity contribution is -0.134. The number of rotatable bonds is 6. The zero-order valence-electron chi connectivity index (χ0n) is 16.1. The SMILES string of the molecule is Cc1ccccc1CCNC(=O)CN1C(=O)N[C@@](C)(c2cc(F)ccc2F)C1=O. The maximum atomic E-state index is 14.1. The van der Waals surface area contributed by atoms with Gasteiger partial charge in [-0.25, -0.2) is 13.6 Å².